The molecule has 30 heavy (non-hydrogen) atoms. The van der Waals surface area contributed by atoms with Crippen LogP contribution in [0.25, 0.3) is 22.3 Å². The standard InChI is InChI=1S/C17H18BrN5.C5H10O2/c1-11-13(9-21-23(11)12-5-7-19-8-6-12)16-10-20-15-4-2-3-14(18)17(15)22-16;1-5(2,3)7-4-6/h2-4,9-10,12,19H,5-8H2,1H3;4H,1-3H3. The number of hydrogen-bond donors (Lipinski definition) is 1. The van der Waals surface area contributed by atoms with Crippen LogP contribution in [0.15, 0.2) is 35.1 Å². The molecule has 160 valence electrons. The van der Waals surface area contributed by atoms with Crippen molar-refractivity contribution >= 4 is 33.4 Å². The lowest BCUT2D eigenvalue weighted by Crippen LogP contribution is -2.30. The zero-order valence-electron chi connectivity index (χ0n) is 17.9. The number of fused-ring (bicyclic) bond motifs is 1. The molecule has 0 spiro atoms. The maximum absolute atomic E-state index is 9.60. The summed E-state index contributed by atoms with van der Waals surface area (Å²) in [4.78, 5) is 18.9. The van der Waals surface area contributed by atoms with Crippen LogP contribution in [0.1, 0.15) is 45.3 Å². The number of ether oxygens (including phenoxy) is 1. The largest absolute Gasteiger partial charge is 0.462 e. The van der Waals surface area contributed by atoms with Crippen molar-refractivity contribution in [3.05, 3.63) is 40.8 Å². The molecule has 0 bridgehead atoms. The maximum Gasteiger partial charge on any atom is 0.293 e. The molecule has 1 N–H and O–H groups in total. The number of benzene rings is 1. The predicted molar refractivity (Wildman–Crippen MR) is 121 cm³/mol. The molecule has 1 aliphatic heterocycles. The van der Waals surface area contributed by atoms with Crippen LogP contribution in [0.2, 0.25) is 0 Å². The highest BCUT2D eigenvalue weighted by Crippen LogP contribution is 2.28. The van der Waals surface area contributed by atoms with Crippen molar-refractivity contribution in [1.29, 1.82) is 0 Å². The molecular weight excluding hydrogens is 446 g/mol. The van der Waals surface area contributed by atoms with Gasteiger partial charge in [-0.05, 0) is 81.7 Å². The van der Waals surface area contributed by atoms with Gasteiger partial charge in [-0.15, -0.1) is 0 Å². The number of carbonyl (C=O) groups is 1. The third-order valence-electron chi connectivity index (χ3n) is 4.90. The van der Waals surface area contributed by atoms with E-state index in [2.05, 4.69) is 47.7 Å². The molecule has 0 unspecified atom stereocenters. The molecule has 0 amide bonds. The van der Waals surface area contributed by atoms with Crippen LogP contribution in [0.3, 0.4) is 0 Å². The van der Waals surface area contributed by atoms with Gasteiger partial charge in [0.05, 0.1) is 29.6 Å². The first kappa shape index (κ1) is 22.4. The van der Waals surface area contributed by atoms with E-state index in [1.165, 1.54) is 0 Å². The normalized spacial score (nSPS) is 14.8. The second-order valence-electron chi connectivity index (χ2n) is 8.26. The van der Waals surface area contributed by atoms with Gasteiger partial charge in [-0.3, -0.25) is 14.5 Å². The number of para-hydroxylation sites is 1. The van der Waals surface area contributed by atoms with Gasteiger partial charge in [-0.1, -0.05) is 6.07 Å². The molecule has 4 rings (SSSR count). The van der Waals surface area contributed by atoms with Crippen LogP contribution in [0, 0.1) is 6.92 Å². The van der Waals surface area contributed by atoms with Gasteiger partial charge in [0.2, 0.25) is 0 Å². The molecule has 0 atom stereocenters. The maximum atomic E-state index is 9.60. The molecule has 0 aliphatic carbocycles. The SMILES string of the molecule is CC(C)(C)OC=O.Cc1c(-c2cnc3cccc(Br)c3n2)cnn1C1CCNCC1. The summed E-state index contributed by atoms with van der Waals surface area (Å²) in [5, 5.41) is 8.03. The number of carbonyl (C=O) groups excluding carboxylic acids is 1. The smallest absolute Gasteiger partial charge is 0.293 e. The van der Waals surface area contributed by atoms with Gasteiger partial charge in [0.15, 0.2) is 0 Å². The lowest BCUT2D eigenvalue weighted by Gasteiger charge is -2.24. The van der Waals surface area contributed by atoms with E-state index in [4.69, 9.17) is 4.98 Å². The number of nitrogens with zero attached hydrogens (tertiary/aromatic N) is 4. The van der Waals surface area contributed by atoms with E-state index in [0.29, 0.717) is 12.5 Å². The Labute approximate surface area is 185 Å². The first-order chi connectivity index (χ1) is 14.3. The fourth-order valence-electron chi connectivity index (χ4n) is 3.37. The fourth-order valence-corrected chi connectivity index (χ4v) is 3.81. The van der Waals surface area contributed by atoms with Gasteiger partial charge >= 0.3 is 0 Å². The molecular formula is C22H28BrN5O2. The van der Waals surface area contributed by atoms with E-state index in [0.717, 1.165) is 58.4 Å². The van der Waals surface area contributed by atoms with Gasteiger partial charge in [-0.2, -0.15) is 5.10 Å². The summed E-state index contributed by atoms with van der Waals surface area (Å²) in [6.45, 7) is 10.2. The average Bonchev–Trinajstić information content (AvgIpc) is 3.10. The number of halogens is 1. The van der Waals surface area contributed by atoms with E-state index in [1.54, 1.807) is 0 Å². The van der Waals surface area contributed by atoms with Crippen LogP contribution in [0.5, 0.6) is 0 Å². The molecule has 1 aliphatic rings. The van der Waals surface area contributed by atoms with E-state index < -0.39 is 0 Å². The molecule has 1 saturated heterocycles. The summed E-state index contributed by atoms with van der Waals surface area (Å²) in [6.07, 6.45) is 6.00. The molecule has 3 aromatic rings. The Morgan fingerprint density at radius 2 is 1.97 bits per heavy atom. The zero-order chi connectivity index (χ0) is 21.7. The van der Waals surface area contributed by atoms with Crippen LogP contribution in [0.4, 0.5) is 0 Å². The summed E-state index contributed by atoms with van der Waals surface area (Å²) < 4.78 is 7.67. The number of hydrogen-bond acceptors (Lipinski definition) is 6. The van der Waals surface area contributed by atoms with Crippen LogP contribution >= 0.6 is 15.9 Å². The van der Waals surface area contributed by atoms with Crippen molar-refractivity contribution in [1.82, 2.24) is 25.1 Å². The molecule has 7 nitrogen and oxygen atoms in total. The van der Waals surface area contributed by atoms with Crippen molar-refractivity contribution in [2.24, 2.45) is 0 Å². The molecule has 1 fully saturated rings. The minimum absolute atomic E-state index is 0.318. The summed E-state index contributed by atoms with van der Waals surface area (Å²) in [6, 6.07) is 6.42. The van der Waals surface area contributed by atoms with Crippen LogP contribution < -0.4 is 5.32 Å². The first-order valence-electron chi connectivity index (χ1n) is 10.1. The molecule has 1 aromatic carbocycles. The Hall–Kier alpha value is -2.32. The molecule has 2 aromatic heterocycles. The predicted octanol–water partition coefficient (Wildman–Crippen LogP) is 4.45. The molecule has 0 saturated carbocycles. The van der Waals surface area contributed by atoms with Gasteiger partial charge in [0, 0.05) is 15.7 Å². The van der Waals surface area contributed by atoms with Crippen molar-refractivity contribution in [2.45, 2.75) is 52.2 Å². The highest BCUT2D eigenvalue weighted by molar-refractivity contribution is 9.10. The van der Waals surface area contributed by atoms with E-state index in [1.807, 2.05) is 51.4 Å². The van der Waals surface area contributed by atoms with Gasteiger partial charge in [0.1, 0.15) is 11.1 Å². The lowest BCUT2D eigenvalue weighted by atomic mass is 10.1. The minimum Gasteiger partial charge on any atom is -0.462 e. The quantitative estimate of drug-likeness (QED) is 0.565. The van der Waals surface area contributed by atoms with Gasteiger partial charge < -0.3 is 10.1 Å². The van der Waals surface area contributed by atoms with Crippen molar-refractivity contribution in [2.75, 3.05) is 13.1 Å². The third-order valence-corrected chi connectivity index (χ3v) is 5.54. The number of aromatic nitrogens is 4. The zero-order valence-corrected chi connectivity index (χ0v) is 19.4. The third kappa shape index (κ3) is 5.43. The Morgan fingerprint density at radius 1 is 1.23 bits per heavy atom. The van der Waals surface area contributed by atoms with Crippen LogP contribution in [-0.2, 0) is 9.53 Å². The molecule has 3 heterocycles. The summed E-state index contributed by atoms with van der Waals surface area (Å²) in [5.74, 6) is 0. The fraction of sp³-hybridized carbons (Fsp3) is 0.455. The molecule has 8 heteroatoms. The monoisotopic (exact) mass is 473 g/mol. The van der Waals surface area contributed by atoms with Crippen molar-refractivity contribution in [3.63, 3.8) is 0 Å². The Kier molecular flexibility index (Phi) is 7.20. The lowest BCUT2D eigenvalue weighted by molar-refractivity contribution is -0.138. The first-order valence-corrected chi connectivity index (χ1v) is 10.9. The number of nitrogens with one attached hydrogen (secondary N) is 1. The van der Waals surface area contributed by atoms with Crippen molar-refractivity contribution < 1.29 is 9.53 Å². The summed E-state index contributed by atoms with van der Waals surface area (Å²) >= 11 is 3.56. The topological polar surface area (TPSA) is 81.9 Å². The Morgan fingerprint density at radius 3 is 2.60 bits per heavy atom. The highest BCUT2D eigenvalue weighted by Gasteiger charge is 2.20. The van der Waals surface area contributed by atoms with E-state index >= 15 is 0 Å². The summed E-state index contributed by atoms with van der Waals surface area (Å²) in [7, 11) is 0. The average molecular weight is 474 g/mol. The number of piperidine rings is 1. The second kappa shape index (κ2) is 9.66. The molecule has 0 radical (unpaired) electrons. The minimum atomic E-state index is -0.318. The van der Waals surface area contributed by atoms with Gasteiger partial charge in [-0.25, -0.2) is 4.98 Å². The summed E-state index contributed by atoms with van der Waals surface area (Å²) in [5.41, 5.74) is 4.57. The Balaban J connectivity index is 0.000000318. The van der Waals surface area contributed by atoms with Crippen molar-refractivity contribution in [3.8, 4) is 11.3 Å². The van der Waals surface area contributed by atoms with E-state index in [-0.39, 0.29) is 5.60 Å². The van der Waals surface area contributed by atoms with E-state index in [9.17, 15) is 4.79 Å². The van der Waals surface area contributed by atoms with Crippen LogP contribution in [-0.4, -0.2) is 44.9 Å². The highest BCUT2D eigenvalue weighted by atomic mass is 79.9. The second-order valence-corrected chi connectivity index (χ2v) is 9.11. The van der Waals surface area contributed by atoms with Gasteiger partial charge in [0.25, 0.3) is 6.47 Å². The number of rotatable bonds is 3. The Bertz CT molecular complexity index is 1010.